The van der Waals surface area contributed by atoms with Crippen molar-refractivity contribution in [2.24, 2.45) is 0 Å². The van der Waals surface area contributed by atoms with Crippen LogP contribution in [-0.2, 0) is 0 Å². The van der Waals surface area contributed by atoms with Crippen LogP contribution in [0.15, 0.2) is 12.7 Å². The van der Waals surface area contributed by atoms with Crippen molar-refractivity contribution in [2.45, 2.75) is 19.4 Å². The molecular formula is C5H9LiO. The maximum absolute atomic E-state index is 10.1. The van der Waals surface area contributed by atoms with Gasteiger partial charge in [-0.05, 0) is 0 Å². The summed E-state index contributed by atoms with van der Waals surface area (Å²) in [6, 6.07) is 0. The Bertz CT molecular complexity index is 45.3. The fraction of sp³-hybridized carbons (Fsp3) is 0.600. The third kappa shape index (κ3) is 6.30. The Hall–Kier alpha value is 0.297. The Morgan fingerprint density at radius 1 is 1.86 bits per heavy atom. The monoisotopic (exact) mass is 92.1 g/mol. The van der Waals surface area contributed by atoms with E-state index in [4.69, 9.17) is 0 Å². The summed E-state index contributed by atoms with van der Waals surface area (Å²) in [6.45, 7) is 5.17. The quantitative estimate of drug-likeness (QED) is 0.269. The molecule has 0 aliphatic rings. The molecule has 0 N–H and O–H groups in total. The van der Waals surface area contributed by atoms with Gasteiger partial charge in [-0.1, -0.05) is 13.3 Å². The van der Waals surface area contributed by atoms with Gasteiger partial charge in [-0.3, -0.25) is 0 Å². The van der Waals surface area contributed by atoms with E-state index in [0.717, 1.165) is 0 Å². The van der Waals surface area contributed by atoms with Crippen molar-refractivity contribution in [1.82, 2.24) is 0 Å². The Morgan fingerprint density at radius 2 is 2.29 bits per heavy atom. The van der Waals surface area contributed by atoms with E-state index in [1.807, 2.05) is 6.92 Å². The van der Waals surface area contributed by atoms with Gasteiger partial charge < -0.3 is 5.11 Å². The molecule has 1 nitrogen and oxygen atoms in total. The molecule has 0 aliphatic carbocycles. The first-order valence-electron chi connectivity index (χ1n) is 2.09. The van der Waals surface area contributed by atoms with E-state index in [0.29, 0.717) is 6.42 Å². The minimum Gasteiger partial charge on any atom is -0.849 e. The van der Waals surface area contributed by atoms with Crippen molar-refractivity contribution in [3.8, 4) is 0 Å². The van der Waals surface area contributed by atoms with Crippen molar-refractivity contribution in [2.75, 3.05) is 0 Å². The zero-order valence-corrected chi connectivity index (χ0v) is 4.98. The van der Waals surface area contributed by atoms with E-state index >= 15 is 0 Å². The molecule has 0 rings (SSSR count). The van der Waals surface area contributed by atoms with Crippen molar-refractivity contribution >= 4 is 0 Å². The average Bonchev–Trinajstić information content (AvgIpc) is 1.65. The van der Waals surface area contributed by atoms with Gasteiger partial charge in [0, 0.05) is 0 Å². The molecule has 0 spiro atoms. The minimum atomic E-state index is -0.551. The largest absolute Gasteiger partial charge is 1.00 e. The second-order valence-corrected chi connectivity index (χ2v) is 1.18. The molecule has 36 valence electrons. The van der Waals surface area contributed by atoms with Gasteiger partial charge in [0.2, 0.25) is 0 Å². The van der Waals surface area contributed by atoms with E-state index < -0.39 is 6.10 Å². The van der Waals surface area contributed by atoms with Crippen molar-refractivity contribution in [1.29, 1.82) is 0 Å². The average molecular weight is 92.1 g/mol. The molecule has 0 saturated carbocycles. The summed E-state index contributed by atoms with van der Waals surface area (Å²) >= 11 is 0. The molecule has 0 amide bonds. The van der Waals surface area contributed by atoms with Crippen LogP contribution >= 0.6 is 0 Å². The molecule has 0 aromatic heterocycles. The predicted molar refractivity (Wildman–Crippen MR) is 24.3 cm³/mol. The van der Waals surface area contributed by atoms with Gasteiger partial charge in [0.1, 0.15) is 0 Å². The molecule has 1 atom stereocenters. The fourth-order valence-electron chi connectivity index (χ4n) is 0.167. The van der Waals surface area contributed by atoms with Gasteiger partial charge >= 0.3 is 18.9 Å². The zero-order valence-electron chi connectivity index (χ0n) is 4.98. The third-order valence-corrected chi connectivity index (χ3v) is 0.665. The van der Waals surface area contributed by atoms with Gasteiger partial charge in [-0.15, -0.1) is 18.8 Å². The van der Waals surface area contributed by atoms with Crippen LogP contribution in [0.2, 0.25) is 0 Å². The molecule has 7 heavy (non-hydrogen) atoms. The van der Waals surface area contributed by atoms with Gasteiger partial charge in [0.05, 0.1) is 0 Å². The maximum Gasteiger partial charge on any atom is 1.00 e. The third-order valence-electron chi connectivity index (χ3n) is 0.665. The van der Waals surface area contributed by atoms with Crippen molar-refractivity contribution in [3.63, 3.8) is 0 Å². The predicted octanol–water partition coefficient (Wildman–Crippen LogP) is -2.68. The first-order valence-corrected chi connectivity index (χ1v) is 2.09. The molecule has 0 fully saturated rings. The van der Waals surface area contributed by atoms with Crippen LogP contribution < -0.4 is 24.0 Å². The van der Waals surface area contributed by atoms with E-state index in [2.05, 4.69) is 6.58 Å². The number of hydrogen-bond donors (Lipinski definition) is 0. The van der Waals surface area contributed by atoms with Crippen LogP contribution in [0.4, 0.5) is 0 Å². The standard InChI is InChI=1S/C5H9O.Li/c1-3-5(6)4-2;/h3,5H,1,4H2,2H3;/q-1;+1. The second kappa shape index (κ2) is 6.30. The normalized spacial score (nSPS) is 11.7. The Balaban J connectivity index is 0. The van der Waals surface area contributed by atoms with Crippen LogP contribution in [-0.4, -0.2) is 6.10 Å². The van der Waals surface area contributed by atoms with Crippen LogP contribution in [0.25, 0.3) is 0 Å². The number of rotatable bonds is 2. The summed E-state index contributed by atoms with van der Waals surface area (Å²) in [6.07, 6.45) is 1.52. The topological polar surface area (TPSA) is 23.1 Å². The van der Waals surface area contributed by atoms with Gasteiger partial charge in [0.25, 0.3) is 0 Å². The Morgan fingerprint density at radius 3 is 2.29 bits per heavy atom. The second-order valence-electron chi connectivity index (χ2n) is 1.18. The van der Waals surface area contributed by atoms with Crippen molar-refractivity contribution < 1.29 is 24.0 Å². The van der Waals surface area contributed by atoms with Gasteiger partial charge in [0.15, 0.2) is 0 Å². The molecule has 0 bridgehead atoms. The van der Waals surface area contributed by atoms with E-state index in [-0.39, 0.29) is 18.9 Å². The van der Waals surface area contributed by atoms with Crippen LogP contribution in [0.1, 0.15) is 13.3 Å². The summed E-state index contributed by atoms with van der Waals surface area (Å²) in [4.78, 5) is 0. The molecule has 0 saturated heterocycles. The van der Waals surface area contributed by atoms with Crippen LogP contribution in [0.3, 0.4) is 0 Å². The zero-order chi connectivity index (χ0) is 4.99. The van der Waals surface area contributed by atoms with Gasteiger partial charge in [-0.25, -0.2) is 0 Å². The Kier molecular flexibility index (Phi) is 9.28. The summed E-state index contributed by atoms with van der Waals surface area (Å²) in [5.74, 6) is 0. The summed E-state index contributed by atoms with van der Waals surface area (Å²) in [5, 5.41) is 10.1. The molecule has 2 heteroatoms. The summed E-state index contributed by atoms with van der Waals surface area (Å²) < 4.78 is 0. The molecule has 0 aromatic rings. The smallest absolute Gasteiger partial charge is 0.849 e. The molecule has 0 aliphatic heterocycles. The minimum absolute atomic E-state index is 0. The maximum atomic E-state index is 10.1. The Labute approximate surface area is 56.6 Å². The van der Waals surface area contributed by atoms with Gasteiger partial charge in [-0.2, -0.15) is 0 Å². The molecule has 0 heterocycles. The summed E-state index contributed by atoms with van der Waals surface area (Å²) in [5.41, 5.74) is 0. The number of hydrogen-bond acceptors (Lipinski definition) is 1. The molecule has 0 radical (unpaired) electrons. The van der Waals surface area contributed by atoms with E-state index in [9.17, 15) is 5.11 Å². The molecular weight excluding hydrogens is 83.0 g/mol. The van der Waals surface area contributed by atoms with Crippen molar-refractivity contribution in [3.05, 3.63) is 12.7 Å². The summed E-state index contributed by atoms with van der Waals surface area (Å²) in [7, 11) is 0. The molecule has 0 aromatic carbocycles. The first-order chi connectivity index (χ1) is 2.81. The SMILES string of the molecule is C=CC([O-])CC.[Li+]. The fourth-order valence-corrected chi connectivity index (χ4v) is 0.167. The molecule has 1 unspecified atom stereocenters. The first kappa shape index (κ1) is 10.3. The van der Waals surface area contributed by atoms with Crippen LogP contribution in [0.5, 0.6) is 0 Å². The van der Waals surface area contributed by atoms with Crippen LogP contribution in [0, 0.1) is 0 Å². The van der Waals surface area contributed by atoms with E-state index in [1.165, 1.54) is 6.08 Å². The van der Waals surface area contributed by atoms with E-state index in [1.54, 1.807) is 0 Å².